The maximum atomic E-state index is 3.90. The third kappa shape index (κ3) is 2.97. The summed E-state index contributed by atoms with van der Waals surface area (Å²) in [4.78, 5) is 0. The summed E-state index contributed by atoms with van der Waals surface area (Å²) < 4.78 is 0. The lowest BCUT2D eigenvalue weighted by Crippen LogP contribution is -2.54. The van der Waals surface area contributed by atoms with Crippen molar-refractivity contribution in [2.24, 2.45) is 23.2 Å². The van der Waals surface area contributed by atoms with Crippen molar-refractivity contribution >= 4 is 0 Å². The van der Waals surface area contributed by atoms with Gasteiger partial charge in [-0.2, -0.15) is 0 Å². The first-order valence-corrected chi connectivity index (χ1v) is 9.86. The largest absolute Gasteiger partial charge is 0.310 e. The zero-order chi connectivity index (χ0) is 16.0. The third-order valence-corrected chi connectivity index (χ3v) is 7.26. The normalized spacial score (nSPS) is 36.6. The van der Waals surface area contributed by atoms with Crippen LogP contribution in [-0.2, 0) is 6.54 Å². The van der Waals surface area contributed by atoms with Crippen molar-refractivity contribution < 1.29 is 0 Å². The highest BCUT2D eigenvalue weighted by Gasteiger charge is 2.52. The lowest BCUT2D eigenvalue weighted by atomic mass is 9.48. The molecule has 0 radical (unpaired) electrons. The van der Waals surface area contributed by atoms with Crippen LogP contribution in [0.3, 0.4) is 0 Å². The van der Waals surface area contributed by atoms with Gasteiger partial charge in [-0.15, -0.1) is 0 Å². The molecule has 1 heteroatoms. The van der Waals surface area contributed by atoms with E-state index in [-0.39, 0.29) is 0 Å². The number of benzene rings is 1. The van der Waals surface area contributed by atoms with Crippen LogP contribution in [0.5, 0.6) is 0 Å². The summed E-state index contributed by atoms with van der Waals surface area (Å²) in [5.74, 6) is 3.78. The van der Waals surface area contributed by atoms with Crippen LogP contribution < -0.4 is 5.32 Å². The zero-order valence-electron chi connectivity index (χ0n) is 15.1. The van der Waals surface area contributed by atoms with E-state index in [2.05, 4.69) is 50.4 Å². The molecule has 4 saturated carbocycles. The van der Waals surface area contributed by atoms with Gasteiger partial charge in [0.1, 0.15) is 0 Å². The lowest BCUT2D eigenvalue weighted by Gasteiger charge is -2.59. The molecule has 126 valence electrons. The molecule has 23 heavy (non-hydrogen) atoms. The first-order chi connectivity index (χ1) is 11.0. The highest BCUT2D eigenvalue weighted by atomic mass is 14.9. The van der Waals surface area contributed by atoms with Gasteiger partial charge in [-0.05, 0) is 85.7 Å². The second-order valence-corrected chi connectivity index (χ2v) is 9.28. The summed E-state index contributed by atoms with van der Waals surface area (Å²) in [6.45, 7) is 8.03. The van der Waals surface area contributed by atoms with E-state index >= 15 is 0 Å². The Morgan fingerprint density at radius 1 is 0.913 bits per heavy atom. The Morgan fingerprint density at radius 3 is 1.91 bits per heavy atom. The van der Waals surface area contributed by atoms with Crippen LogP contribution in [0, 0.1) is 23.2 Å². The van der Waals surface area contributed by atoms with E-state index in [1.807, 2.05) is 0 Å². The standard InChI is InChI=1S/C22H33N/c1-15(2)21-6-4-17(5-7-21)14-23-16(3)22-11-18-8-19(12-22)10-20(9-18)13-22/h4-7,15-16,18-20,23H,8-14H2,1-3H3. The van der Waals surface area contributed by atoms with Crippen molar-refractivity contribution in [1.82, 2.24) is 5.32 Å². The Hall–Kier alpha value is -0.820. The van der Waals surface area contributed by atoms with E-state index in [0.717, 1.165) is 24.3 Å². The highest BCUT2D eigenvalue weighted by molar-refractivity contribution is 5.24. The van der Waals surface area contributed by atoms with Gasteiger partial charge in [0.15, 0.2) is 0 Å². The van der Waals surface area contributed by atoms with Gasteiger partial charge in [0, 0.05) is 12.6 Å². The molecule has 1 nitrogen and oxygen atoms in total. The van der Waals surface area contributed by atoms with E-state index in [0.29, 0.717) is 17.4 Å². The second-order valence-electron chi connectivity index (χ2n) is 9.28. The smallest absolute Gasteiger partial charge is 0.0208 e. The Balaban J connectivity index is 1.39. The molecule has 4 aliphatic rings. The molecule has 1 atom stereocenters. The minimum atomic E-state index is 0.618. The number of hydrogen-bond acceptors (Lipinski definition) is 1. The molecular formula is C22H33N. The van der Waals surface area contributed by atoms with Crippen molar-refractivity contribution in [2.45, 2.75) is 77.8 Å². The van der Waals surface area contributed by atoms with Crippen molar-refractivity contribution in [1.29, 1.82) is 0 Å². The topological polar surface area (TPSA) is 12.0 Å². The fourth-order valence-corrected chi connectivity index (χ4v) is 6.22. The van der Waals surface area contributed by atoms with Gasteiger partial charge >= 0.3 is 0 Å². The maximum absolute atomic E-state index is 3.90. The molecule has 0 aliphatic heterocycles. The van der Waals surface area contributed by atoms with Gasteiger partial charge in [0.05, 0.1) is 0 Å². The van der Waals surface area contributed by atoms with Crippen molar-refractivity contribution in [2.75, 3.05) is 0 Å². The summed E-state index contributed by atoms with van der Waals surface area (Å²) >= 11 is 0. The van der Waals surface area contributed by atoms with Crippen LogP contribution in [0.15, 0.2) is 24.3 Å². The Morgan fingerprint density at radius 2 is 1.43 bits per heavy atom. The molecule has 0 amide bonds. The molecule has 5 rings (SSSR count). The van der Waals surface area contributed by atoms with Gasteiger partial charge in [-0.1, -0.05) is 38.1 Å². The summed E-state index contributed by atoms with van der Waals surface area (Å²) in [5.41, 5.74) is 3.50. The Kier molecular flexibility index (Phi) is 4.04. The number of nitrogens with one attached hydrogen (secondary N) is 1. The SMILES string of the molecule is CC(C)c1ccc(CNC(C)C23CC4CC(CC(C4)C2)C3)cc1. The Labute approximate surface area is 142 Å². The summed E-state index contributed by atoms with van der Waals surface area (Å²) in [5, 5.41) is 3.90. The van der Waals surface area contributed by atoms with E-state index in [1.165, 1.54) is 30.4 Å². The fraction of sp³-hybridized carbons (Fsp3) is 0.727. The third-order valence-electron chi connectivity index (χ3n) is 7.26. The van der Waals surface area contributed by atoms with Gasteiger partial charge in [-0.25, -0.2) is 0 Å². The first kappa shape index (κ1) is 15.7. The van der Waals surface area contributed by atoms with Crippen molar-refractivity contribution in [3.05, 3.63) is 35.4 Å². The number of rotatable bonds is 5. The Bertz CT molecular complexity index is 506. The van der Waals surface area contributed by atoms with E-state index < -0.39 is 0 Å². The summed E-state index contributed by atoms with van der Waals surface area (Å²) in [7, 11) is 0. The minimum absolute atomic E-state index is 0.618. The van der Waals surface area contributed by atoms with Crippen LogP contribution in [0.25, 0.3) is 0 Å². The van der Waals surface area contributed by atoms with Crippen LogP contribution in [0.4, 0.5) is 0 Å². The molecule has 0 heterocycles. The minimum Gasteiger partial charge on any atom is -0.310 e. The lowest BCUT2D eigenvalue weighted by molar-refractivity contribution is -0.0706. The monoisotopic (exact) mass is 311 g/mol. The molecule has 0 spiro atoms. The van der Waals surface area contributed by atoms with E-state index in [4.69, 9.17) is 0 Å². The molecule has 0 saturated heterocycles. The highest BCUT2D eigenvalue weighted by Crippen LogP contribution is 2.61. The number of hydrogen-bond donors (Lipinski definition) is 1. The molecule has 1 aromatic rings. The van der Waals surface area contributed by atoms with Gasteiger partial charge < -0.3 is 5.32 Å². The zero-order valence-corrected chi connectivity index (χ0v) is 15.1. The summed E-state index contributed by atoms with van der Waals surface area (Å²) in [6, 6.07) is 9.90. The molecule has 1 unspecified atom stereocenters. The quantitative estimate of drug-likeness (QED) is 0.756. The van der Waals surface area contributed by atoms with Gasteiger partial charge in [0.2, 0.25) is 0 Å². The van der Waals surface area contributed by atoms with Crippen molar-refractivity contribution in [3.8, 4) is 0 Å². The van der Waals surface area contributed by atoms with Gasteiger partial charge in [0.25, 0.3) is 0 Å². The maximum Gasteiger partial charge on any atom is 0.0208 e. The average molecular weight is 312 g/mol. The van der Waals surface area contributed by atoms with E-state index in [9.17, 15) is 0 Å². The van der Waals surface area contributed by atoms with E-state index in [1.54, 1.807) is 19.3 Å². The molecule has 4 aliphatic carbocycles. The molecule has 4 fully saturated rings. The molecular weight excluding hydrogens is 278 g/mol. The second kappa shape index (κ2) is 5.92. The first-order valence-electron chi connectivity index (χ1n) is 9.86. The predicted molar refractivity (Wildman–Crippen MR) is 97.4 cm³/mol. The molecule has 1 N–H and O–H groups in total. The predicted octanol–water partition coefficient (Wildman–Crippen LogP) is 5.50. The molecule has 0 aromatic heterocycles. The molecule has 1 aromatic carbocycles. The van der Waals surface area contributed by atoms with Crippen LogP contribution in [-0.4, -0.2) is 6.04 Å². The fourth-order valence-electron chi connectivity index (χ4n) is 6.22. The average Bonchev–Trinajstić information content (AvgIpc) is 2.51. The van der Waals surface area contributed by atoms with Crippen LogP contribution >= 0.6 is 0 Å². The van der Waals surface area contributed by atoms with Crippen LogP contribution in [0.2, 0.25) is 0 Å². The summed E-state index contributed by atoms with van der Waals surface area (Å²) in [6.07, 6.45) is 9.13. The van der Waals surface area contributed by atoms with Crippen LogP contribution in [0.1, 0.15) is 76.3 Å². The molecule has 4 bridgehead atoms. The van der Waals surface area contributed by atoms with Crippen molar-refractivity contribution in [3.63, 3.8) is 0 Å². The van der Waals surface area contributed by atoms with Gasteiger partial charge in [-0.3, -0.25) is 0 Å².